The Morgan fingerprint density at radius 3 is 2.52 bits per heavy atom. The number of aromatic nitrogens is 3. The number of nitrogens with one attached hydrogen (secondary N) is 1. The fourth-order valence-corrected chi connectivity index (χ4v) is 4.66. The number of piperidine rings is 1. The fraction of sp³-hybridized carbons (Fsp3) is 0.478. The molecule has 0 aliphatic carbocycles. The number of anilines is 1. The molecule has 0 atom stereocenters. The van der Waals surface area contributed by atoms with E-state index >= 15 is 0 Å². The van der Waals surface area contributed by atoms with Crippen LogP contribution >= 0.6 is 0 Å². The van der Waals surface area contributed by atoms with Crippen LogP contribution in [0.1, 0.15) is 12.8 Å². The number of likely N-dealkylation sites (N-methyl/N-ethyl adjacent to an activating group) is 1. The van der Waals surface area contributed by atoms with Crippen molar-refractivity contribution in [3.05, 3.63) is 42.1 Å². The van der Waals surface area contributed by atoms with Gasteiger partial charge in [0, 0.05) is 57.6 Å². The van der Waals surface area contributed by atoms with E-state index in [9.17, 15) is 8.78 Å². The summed E-state index contributed by atoms with van der Waals surface area (Å²) < 4.78 is 27.0. The zero-order chi connectivity index (χ0) is 21.4. The Morgan fingerprint density at radius 2 is 1.77 bits per heavy atom. The molecule has 2 aromatic heterocycles. The van der Waals surface area contributed by atoms with E-state index < -0.39 is 11.6 Å². The lowest BCUT2D eigenvalue weighted by Gasteiger charge is -2.38. The molecule has 1 N–H and O–H groups in total. The molecule has 1 aromatic carbocycles. The zero-order valence-electron chi connectivity index (χ0n) is 17.8. The first-order valence-electron chi connectivity index (χ1n) is 11.0. The number of halogens is 2. The van der Waals surface area contributed by atoms with Crippen LogP contribution in [0.2, 0.25) is 0 Å². The van der Waals surface area contributed by atoms with Crippen LogP contribution in [0.3, 0.4) is 0 Å². The third-order valence-electron chi connectivity index (χ3n) is 6.60. The van der Waals surface area contributed by atoms with E-state index in [-0.39, 0.29) is 0 Å². The lowest BCUT2D eigenvalue weighted by Crippen LogP contribution is -2.47. The molecule has 5 rings (SSSR count). The smallest absolute Gasteiger partial charge is 0.159 e. The predicted molar refractivity (Wildman–Crippen MR) is 118 cm³/mol. The van der Waals surface area contributed by atoms with Crippen LogP contribution in [0.4, 0.5) is 14.6 Å². The average Bonchev–Trinajstić information content (AvgIpc) is 3.22. The Bertz CT molecular complexity index is 1050. The molecule has 31 heavy (non-hydrogen) atoms. The van der Waals surface area contributed by atoms with Gasteiger partial charge in [-0.3, -0.25) is 0 Å². The first-order chi connectivity index (χ1) is 15.1. The van der Waals surface area contributed by atoms with E-state index in [4.69, 9.17) is 0 Å². The number of piperazine rings is 1. The van der Waals surface area contributed by atoms with Crippen molar-refractivity contribution >= 4 is 16.9 Å². The molecule has 6 nitrogen and oxygen atoms in total. The summed E-state index contributed by atoms with van der Waals surface area (Å²) in [4.78, 5) is 19.8. The van der Waals surface area contributed by atoms with Gasteiger partial charge in [0.25, 0.3) is 0 Å². The molecule has 2 fully saturated rings. The second-order valence-corrected chi connectivity index (χ2v) is 8.78. The number of aromatic amines is 1. The van der Waals surface area contributed by atoms with Gasteiger partial charge in [-0.05, 0) is 50.1 Å². The highest BCUT2D eigenvalue weighted by atomic mass is 19.2. The largest absolute Gasteiger partial charge is 0.355 e. The van der Waals surface area contributed by atoms with E-state index in [0.717, 1.165) is 80.9 Å². The van der Waals surface area contributed by atoms with Gasteiger partial charge in [0.1, 0.15) is 11.3 Å². The highest BCUT2D eigenvalue weighted by Gasteiger charge is 2.25. The molecule has 0 bridgehead atoms. The predicted octanol–water partition coefficient (Wildman–Crippen LogP) is 3.37. The molecular formula is C23H28F2N6. The lowest BCUT2D eigenvalue weighted by molar-refractivity contribution is 0.129. The molecule has 8 heteroatoms. The van der Waals surface area contributed by atoms with Crippen molar-refractivity contribution in [3.63, 3.8) is 0 Å². The van der Waals surface area contributed by atoms with Gasteiger partial charge >= 0.3 is 0 Å². The van der Waals surface area contributed by atoms with Gasteiger partial charge in [0.2, 0.25) is 0 Å². The number of fused-ring (bicyclic) bond motifs is 1. The molecule has 164 valence electrons. The fourth-order valence-electron chi connectivity index (χ4n) is 4.66. The van der Waals surface area contributed by atoms with E-state index in [2.05, 4.69) is 36.7 Å². The Kier molecular flexibility index (Phi) is 5.58. The minimum absolute atomic E-state index is 0.520. The molecule has 3 aromatic rings. The average molecular weight is 427 g/mol. The molecule has 2 aliphatic heterocycles. The van der Waals surface area contributed by atoms with Gasteiger partial charge in [-0.25, -0.2) is 18.7 Å². The van der Waals surface area contributed by atoms with Crippen LogP contribution in [0, 0.1) is 17.6 Å². The summed E-state index contributed by atoms with van der Waals surface area (Å²) in [6.45, 7) is 7.74. The SMILES string of the molecule is CN1CCN(CC2CCN(c3nccc4[nH]c(-c5ccc(F)c(F)c5)nc34)CC2)CC1. The van der Waals surface area contributed by atoms with Gasteiger partial charge in [0.05, 0.1) is 5.52 Å². The normalized spacial score (nSPS) is 19.4. The lowest BCUT2D eigenvalue weighted by atomic mass is 9.96. The molecule has 0 spiro atoms. The van der Waals surface area contributed by atoms with E-state index in [1.54, 1.807) is 6.20 Å². The van der Waals surface area contributed by atoms with Crippen LogP contribution in [-0.2, 0) is 0 Å². The van der Waals surface area contributed by atoms with Crippen molar-refractivity contribution in [2.45, 2.75) is 12.8 Å². The van der Waals surface area contributed by atoms with Crippen molar-refractivity contribution in [1.82, 2.24) is 24.8 Å². The molecule has 0 radical (unpaired) electrons. The summed E-state index contributed by atoms with van der Waals surface area (Å²) in [5.41, 5.74) is 2.15. The third-order valence-corrected chi connectivity index (χ3v) is 6.60. The zero-order valence-corrected chi connectivity index (χ0v) is 17.8. The summed E-state index contributed by atoms with van der Waals surface area (Å²) in [5.74, 6) is 0.366. The van der Waals surface area contributed by atoms with Gasteiger partial charge in [-0.15, -0.1) is 0 Å². The molecule has 0 amide bonds. The van der Waals surface area contributed by atoms with Crippen LogP contribution in [-0.4, -0.2) is 77.6 Å². The number of pyridine rings is 1. The Morgan fingerprint density at radius 1 is 1.00 bits per heavy atom. The van der Waals surface area contributed by atoms with Gasteiger partial charge in [0.15, 0.2) is 17.5 Å². The molecule has 2 aliphatic rings. The van der Waals surface area contributed by atoms with Gasteiger partial charge in [-0.2, -0.15) is 0 Å². The summed E-state index contributed by atoms with van der Waals surface area (Å²) in [5, 5.41) is 0. The Hall–Kier alpha value is -2.58. The Balaban J connectivity index is 1.29. The van der Waals surface area contributed by atoms with E-state index in [1.165, 1.54) is 18.7 Å². The van der Waals surface area contributed by atoms with Crippen LogP contribution in [0.5, 0.6) is 0 Å². The quantitative estimate of drug-likeness (QED) is 0.693. The van der Waals surface area contributed by atoms with Crippen molar-refractivity contribution in [2.24, 2.45) is 5.92 Å². The summed E-state index contributed by atoms with van der Waals surface area (Å²) in [6.07, 6.45) is 4.07. The number of H-pyrrole nitrogens is 1. The second kappa shape index (κ2) is 8.51. The Labute approximate surface area is 180 Å². The van der Waals surface area contributed by atoms with Crippen LogP contribution in [0.25, 0.3) is 22.4 Å². The summed E-state index contributed by atoms with van der Waals surface area (Å²) in [7, 11) is 2.19. The number of hydrogen-bond donors (Lipinski definition) is 1. The van der Waals surface area contributed by atoms with Crippen molar-refractivity contribution in [1.29, 1.82) is 0 Å². The molecule has 0 unspecified atom stereocenters. The topological polar surface area (TPSA) is 51.3 Å². The van der Waals surface area contributed by atoms with Crippen LogP contribution in [0.15, 0.2) is 30.5 Å². The third kappa shape index (κ3) is 4.27. The van der Waals surface area contributed by atoms with Gasteiger partial charge < -0.3 is 19.7 Å². The summed E-state index contributed by atoms with van der Waals surface area (Å²) >= 11 is 0. The molecule has 0 saturated carbocycles. The molecule has 2 saturated heterocycles. The number of benzene rings is 1. The first-order valence-corrected chi connectivity index (χ1v) is 11.0. The number of imidazole rings is 1. The van der Waals surface area contributed by atoms with Crippen LogP contribution < -0.4 is 4.90 Å². The van der Waals surface area contributed by atoms with Crippen molar-refractivity contribution < 1.29 is 8.78 Å². The molecule has 4 heterocycles. The second-order valence-electron chi connectivity index (χ2n) is 8.78. The highest BCUT2D eigenvalue weighted by molar-refractivity contribution is 5.88. The van der Waals surface area contributed by atoms with Crippen molar-refractivity contribution in [2.75, 3.05) is 57.8 Å². The van der Waals surface area contributed by atoms with E-state index in [1.807, 2.05) is 6.07 Å². The maximum absolute atomic E-state index is 13.7. The number of hydrogen-bond acceptors (Lipinski definition) is 5. The monoisotopic (exact) mass is 426 g/mol. The maximum atomic E-state index is 13.7. The maximum Gasteiger partial charge on any atom is 0.159 e. The molecular weight excluding hydrogens is 398 g/mol. The summed E-state index contributed by atoms with van der Waals surface area (Å²) in [6, 6.07) is 5.70. The van der Waals surface area contributed by atoms with Gasteiger partial charge in [-0.1, -0.05) is 0 Å². The number of rotatable bonds is 4. The number of nitrogens with zero attached hydrogens (tertiary/aromatic N) is 5. The first kappa shape index (κ1) is 20.3. The highest BCUT2D eigenvalue weighted by Crippen LogP contribution is 2.30. The minimum Gasteiger partial charge on any atom is -0.355 e. The van der Waals surface area contributed by atoms with E-state index in [0.29, 0.717) is 11.4 Å². The minimum atomic E-state index is -0.876. The standard InChI is InChI=1S/C23H28F2N6/c1-29-10-12-30(13-11-29)15-16-5-8-31(9-6-16)23-21-20(4-7-26-23)27-22(28-21)17-2-3-18(24)19(25)14-17/h2-4,7,14,16H,5-6,8-13,15H2,1H3,(H,27,28). The van der Waals surface area contributed by atoms with Crippen molar-refractivity contribution in [3.8, 4) is 11.4 Å².